The number of thiocarbonyl (C=S) groups is 1. The van der Waals surface area contributed by atoms with Crippen LogP contribution in [0.2, 0.25) is 0 Å². The second-order valence-electron chi connectivity index (χ2n) is 6.65. The number of hydrogen-bond acceptors (Lipinski definition) is 7. The molecule has 0 saturated carbocycles. The number of amides is 2. The smallest absolute Gasteiger partial charge is 0.266 e. The van der Waals surface area contributed by atoms with Crippen molar-refractivity contribution in [3.63, 3.8) is 0 Å². The summed E-state index contributed by atoms with van der Waals surface area (Å²) in [6, 6.07) is 7.49. The number of rotatable bonds is 6. The van der Waals surface area contributed by atoms with Crippen molar-refractivity contribution < 1.29 is 14.3 Å². The summed E-state index contributed by atoms with van der Waals surface area (Å²) in [4.78, 5) is 29.2. The SMILES string of the molecule is COc1ccccc1/C=C1\SC(=S)N(CCC(=O)NN2CCN(C)CC2)C1=O. The average Bonchev–Trinajstić information content (AvgIpc) is 2.95. The van der Waals surface area contributed by atoms with E-state index in [-0.39, 0.29) is 24.8 Å². The molecule has 2 heterocycles. The number of para-hydroxylation sites is 1. The first-order valence-corrected chi connectivity index (χ1v) is 10.3. The highest BCUT2D eigenvalue weighted by atomic mass is 32.2. The maximum Gasteiger partial charge on any atom is 0.266 e. The first-order valence-electron chi connectivity index (χ1n) is 9.09. The van der Waals surface area contributed by atoms with Crippen LogP contribution >= 0.6 is 24.0 Å². The van der Waals surface area contributed by atoms with Crippen molar-refractivity contribution in [1.82, 2.24) is 20.2 Å². The zero-order chi connectivity index (χ0) is 20.1. The fourth-order valence-electron chi connectivity index (χ4n) is 2.98. The molecule has 2 saturated heterocycles. The lowest BCUT2D eigenvalue weighted by molar-refractivity contribution is -0.127. The molecule has 0 bridgehead atoms. The van der Waals surface area contributed by atoms with Gasteiger partial charge in [0, 0.05) is 44.7 Å². The number of methoxy groups -OCH3 is 1. The lowest BCUT2D eigenvalue weighted by Crippen LogP contribution is -2.52. The standard InChI is InChI=1S/C19H24N4O3S2/c1-21-9-11-22(12-10-21)20-17(24)7-8-23-18(25)16(28-19(23)27)13-14-5-3-4-6-15(14)26-2/h3-6,13H,7-12H2,1-2H3,(H,20,24)/b16-13-. The van der Waals surface area contributed by atoms with E-state index in [1.165, 1.54) is 16.7 Å². The van der Waals surface area contributed by atoms with Crippen molar-refractivity contribution in [2.75, 3.05) is 46.9 Å². The molecular weight excluding hydrogens is 396 g/mol. The molecule has 0 radical (unpaired) electrons. The molecule has 2 fully saturated rings. The molecule has 1 aromatic carbocycles. The minimum absolute atomic E-state index is 0.104. The highest BCUT2D eigenvalue weighted by Crippen LogP contribution is 2.34. The summed E-state index contributed by atoms with van der Waals surface area (Å²) < 4.78 is 5.80. The predicted molar refractivity (Wildman–Crippen MR) is 115 cm³/mol. The monoisotopic (exact) mass is 420 g/mol. The van der Waals surface area contributed by atoms with Crippen LogP contribution in [0.1, 0.15) is 12.0 Å². The molecule has 1 aromatic rings. The van der Waals surface area contributed by atoms with E-state index in [4.69, 9.17) is 17.0 Å². The van der Waals surface area contributed by atoms with Gasteiger partial charge in [-0.2, -0.15) is 0 Å². The fourth-order valence-corrected chi connectivity index (χ4v) is 4.28. The molecule has 1 N–H and O–H groups in total. The number of nitrogens with zero attached hydrogens (tertiary/aromatic N) is 3. The first kappa shape index (κ1) is 20.8. The topological polar surface area (TPSA) is 65.1 Å². The van der Waals surface area contributed by atoms with Gasteiger partial charge in [0.05, 0.1) is 12.0 Å². The largest absolute Gasteiger partial charge is 0.496 e. The molecule has 2 aliphatic rings. The van der Waals surface area contributed by atoms with Gasteiger partial charge in [0.15, 0.2) is 0 Å². The number of hydrazine groups is 1. The van der Waals surface area contributed by atoms with Crippen molar-refractivity contribution in [3.8, 4) is 5.75 Å². The van der Waals surface area contributed by atoms with Crippen molar-refractivity contribution in [1.29, 1.82) is 0 Å². The maximum absolute atomic E-state index is 12.7. The number of carbonyl (C=O) groups excluding carboxylic acids is 2. The van der Waals surface area contributed by atoms with Crippen LogP contribution in [0.3, 0.4) is 0 Å². The van der Waals surface area contributed by atoms with E-state index in [1.807, 2.05) is 29.3 Å². The number of carbonyl (C=O) groups is 2. The summed E-state index contributed by atoms with van der Waals surface area (Å²) in [5.74, 6) is 0.417. The van der Waals surface area contributed by atoms with Crippen LogP contribution in [0.4, 0.5) is 0 Å². The molecule has 0 spiro atoms. The van der Waals surface area contributed by atoms with E-state index in [0.29, 0.717) is 15.0 Å². The molecule has 0 aliphatic carbocycles. The third-order valence-corrected chi connectivity index (χ3v) is 6.03. The van der Waals surface area contributed by atoms with Gasteiger partial charge >= 0.3 is 0 Å². The Kier molecular flexibility index (Phi) is 7.06. The molecule has 7 nitrogen and oxygen atoms in total. The summed E-state index contributed by atoms with van der Waals surface area (Å²) in [6.45, 7) is 3.70. The summed E-state index contributed by atoms with van der Waals surface area (Å²) in [5.41, 5.74) is 3.73. The normalized spacial score (nSPS) is 20.1. The Morgan fingerprint density at radius 3 is 2.71 bits per heavy atom. The van der Waals surface area contributed by atoms with Crippen molar-refractivity contribution >= 4 is 46.2 Å². The Bertz CT molecular complexity index is 791. The minimum atomic E-state index is -0.173. The number of benzene rings is 1. The molecule has 3 rings (SSSR count). The van der Waals surface area contributed by atoms with Gasteiger partial charge in [0.25, 0.3) is 5.91 Å². The van der Waals surface area contributed by atoms with Crippen LogP contribution in [0, 0.1) is 0 Å². The molecular formula is C19H24N4O3S2. The molecule has 0 atom stereocenters. The molecule has 9 heteroatoms. The number of nitrogens with one attached hydrogen (secondary N) is 1. The van der Waals surface area contributed by atoms with Crippen LogP contribution in [0.5, 0.6) is 5.75 Å². The van der Waals surface area contributed by atoms with Gasteiger partial charge in [0.2, 0.25) is 5.91 Å². The van der Waals surface area contributed by atoms with Crippen LogP contribution in [0.25, 0.3) is 6.08 Å². The third kappa shape index (κ3) is 5.11. The quantitative estimate of drug-likeness (QED) is 0.554. The van der Waals surface area contributed by atoms with Crippen molar-refractivity contribution in [2.24, 2.45) is 0 Å². The van der Waals surface area contributed by atoms with Crippen LogP contribution in [-0.2, 0) is 9.59 Å². The van der Waals surface area contributed by atoms with Gasteiger partial charge in [-0.15, -0.1) is 0 Å². The van der Waals surface area contributed by atoms with Gasteiger partial charge in [-0.25, -0.2) is 5.01 Å². The molecule has 2 aliphatic heterocycles. The summed E-state index contributed by atoms with van der Waals surface area (Å²) in [6.07, 6.45) is 1.99. The number of piperazine rings is 1. The molecule has 2 amide bonds. The van der Waals surface area contributed by atoms with E-state index in [9.17, 15) is 9.59 Å². The number of thioether (sulfide) groups is 1. The van der Waals surface area contributed by atoms with E-state index in [1.54, 1.807) is 13.2 Å². The predicted octanol–water partition coefficient (Wildman–Crippen LogP) is 1.57. The highest BCUT2D eigenvalue weighted by molar-refractivity contribution is 8.26. The number of ether oxygens (including phenoxy) is 1. The zero-order valence-electron chi connectivity index (χ0n) is 16.0. The minimum Gasteiger partial charge on any atom is -0.496 e. The lowest BCUT2D eigenvalue weighted by atomic mass is 10.2. The van der Waals surface area contributed by atoms with Crippen LogP contribution in [0.15, 0.2) is 29.2 Å². The second-order valence-corrected chi connectivity index (χ2v) is 8.33. The molecule has 0 unspecified atom stereocenters. The second kappa shape index (κ2) is 9.51. The Morgan fingerprint density at radius 1 is 1.29 bits per heavy atom. The van der Waals surface area contributed by atoms with E-state index >= 15 is 0 Å². The summed E-state index contributed by atoms with van der Waals surface area (Å²) in [7, 11) is 3.66. The van der Waals surface area contributed by atoms with Crippen LogP contribution < -0.4 is 10.2 Å². The number of hydrogen-bond donors (Lipinski definition) is 1. The Hall–Kier alpha value is -1.94. The van der Waals surface area contributed by atoms with Crippen molar-refractivity contribution in [2.45, 2.75) is 6.42 Å². The Balaban J connectivity index is 1.56. The Labute approximate surface area is 174 Å². The lowest BCUT2D eigenvalue weighted by Gasteiger charge is -2.32. The third-order valence-electron chi connectivity index (χ3n) is 4.65. The van der Waals surface area contributed by atoms with Gasteiger partial charge in [0.1, 0.15) is 10.1 Å². The maximum atomic E-state index is 12.7. The highest BCUT2D eigenvalue weighted by Gasteiger charge is 2.32. The van der Waals surface area contributed by atoms with Gasteiger partial charge in [-0.05, 0) is 19.2 Å². The van der Waals surface area contributed by atoms with E-state index < -0.39 is 0 Å². The molecule has 28 heavy (non-hydrogen) atoms. The van der Waals surface area contributed by atoms with Crippen LogP contribution in [-0.4, -0.2) is 77.8 Å². The molecule has 0 aromatic heterocycles. The first-order chi connectivity index (χ1) is 13.5. The summed E-state index contributed by atoms with van der Waals surface area (Å²) >= 11 is 6.60. The van der Waals surface area contributed by atoms with Crippen molar-refractivity contribution in [3.05, 3.63) is 34.7 Å². The fraction of sp³-hybridized carbons (Fsp3) is 0.421. The van der Waals surface area contributed by atoms with E-state index in [2.05, 4.69) is 17.4 Å². The van der Waals surface area contributed by atoms with Gasteiger partial charge < -0.3 is 9.64 Å². The zero-order valence-corrected chi connectivity index (χ0v) is 17.6. The average molecular weight is 421 g/mol. The van der Waals surface area contributed by atoms with E-state index in [0.717, 1.165) is 31.7 Å². The summed E-state index contributed by atoms with van der Waals surface area (Å²) in [5, 5.41) is 1.92. The number of likely N-dealkylation sites (N-methyl/N-ethyl adjacent to an activating group) is 1. The molecule has 150 valence electrons. The Morgan fingerprint density at radius 2 is 2.00 bits per heavy atom. The van der Waals surface area contributed by atoms with Gasteiger partial charge in [-0.1, -0.05) is 42.2 Å². The van der Waals surface area contributed by atoms with Gasteiger partial charge in [-0.3, -0.25) is 19.9 Å².